The molecule has 3 aromatic heterocycles. The molecular formula is C31H36N6O3S2. The Hall–Kier alpha value is -3.25. The number of nitrogens with one attached hydrogen (secondary N) is 1. The molecule has 1 amide bonds. The summed E-state index contributed by atoms with van der Waals surface area (Å²) < 4.78 is 28.1. The summed E-state index contributed by atoms with van der Waals surface area (Å²) in [4.78, 5) is 30.6. The maximum absolute atomic E-state index is 13.8. The molecule has 1 aliphatic heterocycles. The zero-order valence-electron chi connectivity index (χ0n) is 24.0. The van der Waals surface area contributed by atoms with Crippen molar-refractivity contribution in [3.8, 4) is 11.3 Å². The van der Waals surface area contributed by atoms with E-state index in [4.69, 9.17) is 4.98 Å². The molecule has 1 saturated carbocycles. The Labute approximate surface area is 251 Å². The molecule has 0 radical (unpaired) electrons. The maximum Gasteiger partial charge on any atom is 0.243 e. The number of likely N-dealkylation sites (N-methyl/N-ethyl adjacent to an activating group) is 1. The summed E-state index contributed by atoms with van der Waals surface area (Å²) in [6, 6.07) is 14.7. The summed E-state index contributed by atoms with van der Waals surface area (Å²) in [6.45, 7) is 4.34. The van der Waals surface area contributed by atoms with Gasteiger partial charge in [0.2, 0.25) is 15.9 Å². The van der Waals surface area contributed by atoms with E-state index in [1.165, 1.54) is 24.2 Å². The van der Waals surface area contributed by atoms with Gasteiger partial charge >= 0.3 is 0 Å². The number of anilines is 1. The molecule has 1 unspecified atom stereocenters. The summed E-state index contributed by atoms with van der Waals surface area (Å²) in [7, 11) is -1.57. The number of pyridine rings is 2. The van der Waals surface area contributed by atoms with Crippen LogP contribution >= 0.6 is 11.3 Å². The number of nitrogens with zero attached hydrogens (tertiary/aromatic N) is 5. The fraction of sp³-hybridized carbons (Fsp3) is 0.419. The molecule has 9 nitrogen and oxygen atoms in total. The Morgan fingerprint density at radius 1 is 1.02 bits per heavy atom. The van der Waals surface area contributed by atoms with Gasteiger partial charge in [0.05, 0.1) is 16.5 Å². The monoisotopic (exact) mass is 604 g/mol. The number of carbonyl (C=O) groups excluding carboxylic acids is 1. The Morgan fingerprint density at radius 3 is 2.48 bits per heavy atom. The molecule has 1 aromatic carbocycles. The lowest BCUT2D eigenvalue weighted by Crippen LogP contribution is -2.47. The quantitative estimate of drug-likeness (QED) is 0.291. The Kier molecular flexibility index (Phi) is 8.35. The van der Waals surface area contributed by atoms with Crippen molar-refractivity contribution in [1.82, 2.24) is 24.2 Å². The second-order valence-electron chi connectivity index (χ2n) is 11.4. The Bertz CT molecular complexity index is 1670. The number of benzene rings is 1. The largest absolute Gasteiger partial charge is 0.304 e. The third-order valence-corrected chi connectivity index (χ3v) is 11.2. The standard InChI is InChI=1S/C31H36N6O3S2/c1-21-19-24(13-14-32-21)27-11-12-28-30(33-27)41-31(34-28)35-29(38)26(20-22-5-3-4-6-22)23-7-9-25(10-8-23)42(39,40)37-17-15-36(2)16-18-37/h7-14,19,22,26H,3-6,15-18,20H2,1-2H3,(H,34,35,38). The molecule has 1 atom stereocenters. The highest BCUT2D eigenvalue weighted by Crippen LogP contribution is 2.36. The second-order valence-corrected chi connectivity index (χ2v) is 14.3. The van der Waals surface area contributed by atoms with Gasteiger partial charge in [-0.25, -0.2) is 18.4 Å². The number of amides is 1. The molecule has 6 rings (SSSR count). The maximum atomic E-state index is 13.8. The molecule has 4 aromatic rings. The van der Waals surface area contributed by atoms with Crippen LogP contribution in [0.5, 0.6) is 0 Å². The van der Waals surface area contributed by atoms with E-state index in [0.29, 0.717) is 37.2 Å². The van der Waals surface area contributed by atoms with Crippen molar-refractivity contribution < 1.29 is 13.2 Å². The number of carbonyl (C=O) groups is 1. The molecule has 42 heavy (non-hydrogen) atoms. The minimum absolute atomic E-state index is 0.124. The molecule has 220 valence electrons. The molecule has 0 spiro atoms. The second kappa shape index (κ2) is 12.2. The average molecular weight is 605 g/mol. The minimum Gasteiger partial charge on any atom is -0.304 e. The van der Waals surface area contributed by atoms with Gasteiger partial charge in [0.15, 0.2) is 5.13 Å². The highest BCUT2D eigenvalue weighted by Gasteiger charge is 2.30. The van der Waals surface area contributed by atoms with E-state index in [0.717, 1.165) is 52.1 Å². The van der Waals surface area contributed by atoms with Gasteiger partial charge in [-0.1, -0.05) is 49.2 Å². The van der Waals surface area contributed by atoms with Crippen molar-refractivity contribution in [3.63, 3.8) is 0 Å². The van der Waals surface area contributed by atoms with E-state index in [1.807, 2.05) is 50.4 Å². The summed E-state index contributed by atoms with van der Waals surface area (Å²) >= 11 is 1.36. The van der Waals surface area contributed by atoms with Gasteiger partial charge in [-0.3, -0.25) is 9.78 Å². The SMILES string of the molecule is Cc1cc(-c2ccc3nc(NC(=O)C(CC4CCCC4)c4ccc(S(=O)(=O)N5CCN(C)CC5)cc4)sc3n2)ccn1. The number of sulfonamides is 1. The number of piperazine rings is 1. The summed E-state index contributed by atoms with van der Waals surface area (Å²) in [6.07, 6.45) is 7.09. The van der Waals surface area contributed by atoms with Crippen molar-refractivity contribution in [3.05, 3.63) is 66.0 Å². The molecule has 2 fully saturated rings. The summed E-state index contributed by atoms with van der Waals surface area (Å²) in [5.41, 5.74) is 4.30. The first-order chi connectivity index (χ1) is 20.3. The number of hydrogen-bond acceptors (Lipinski definition) is 8. The smallest absolute Gasteiger partial charge is 0.243 e. The van der Waals surface area contributed by atoms with Crippen molar-refractivity contribution in [1.29, 1.82) is 0 Å². The van der Waals surface area contributed by atoms with E-state index < -0.39 is 15.9 Å². The Morgan fingerprint density at radius 2 is 1.76 bits per heavy atom. The lowest BCUT2D eigenvalue weighted by atomic mass is 9.87. The van der Waals surface area contributed by atoms with Gasteiger partial charge in [-0.2, -0.15) is 4.31 Å². The highest BCUT2D eigenvalue weighted by molar-refractivity contribution is 7.89. The van der Waals surface area contributed by atoms with Crippen molar-refractivity contribution in [2.75, 3.05) is 38.5 Å². The van der Waals surface area contributed by atoms with Crippen LogP contribution in [0.2, 0.25) is 0 Å². The van der Waals surface area contributed by atoms with Gasteiger partial charge in [-0.05, 0) is 68.3 Å². The van der Waals surface area contributed by atoms with Crippen molar-refractivity contribution >= 4 is 42.7 Å². The normalized spacial score (nSPS) is 18.0. The number of fused-ring (bicyclic) bond motifs is 1. The topological polar surface area (TPSA) is 108 Å². The van der Waals surface area contributed by atoms with E-state index in [1.54, 1.807) is 22.6 Å². The first-order valence-electron chi connectivity index (χ1n) is 14.6. The van der Waals surface area contributed by atoms with Crippen molar-refractivity contribution in [2.24, 2.45) is 5.92 Å². The number of aromatic nitrogens is 3. The van der Waals surface area contributed by atoms with Crippen LogP contribution < -0.4 is 5.32 Å². The molecule has 11 heteroatoms. The van der Waals surface area contributed by atoms with Crippen LogP contribution in [-0.2, 0) is 14.8 Å². The van der Waals surface area contributed by atoms with Gasteiger partial charge in [0.1, 0.15) is 10.3 Å². The fourth-order valence-electron chi connectivity index (χ4n) is 5.95. The van der Waals surface area contributed by atoms with Gasteiger partial charge in [-0.15, -0.1) is 0 Å². The van der Waals surface area contributed by atoms with Gasteiger partial charge in [0.25, 0.3) is 0 Å². The van der Waals surface area contributed by atoms with Crippen LogP contribution in [0.15, 0.2) is 59.6 Å². The predicted octanol–water partition coefficient (Wildman–Crippen LogP) is 5.30. The number of hydrogen-bond donors (Lipinski definition) is 1. The zero-order chi connectivity index (χ0) is 29.3. The lowest BCUT2D eigenvalue weighted by molar-refractivity contribution is -0.118. The third-order valence-electron chi connectivity index (χ3n) is 8.42. The van der Waals surface area contributed by atoms with Gasteiger partial charge in [0, 0.05) is 43.6 Å². The predicted molar refractivity (Wildman–Crippen MR) is 166 cm³/mol. The van der Waals surface area contributed by atoms with Crippen LogP contribution in [-0.4, -0.2) is 71.7 Å². The molecule has 2 aliphatic rings. The molecule has 4 heterocycles. The first kappa shape index (κ1) is 28.9. The molecule has 1 saturated heterocycles. The number of rotatable bonds is 8. The number of aryl methyl sites for hydroxylation is 1. The minimum atomic E-state index is -3.57. The first-order valence-corrected chi connectivity index (χ1v) is 16.8. The summed E-state index contributed by atoms with van der Waals surface area (Å²) in [5.74, 6) is -0.0534. The van der Waals surface area contributed by atoms with E-state index >= 15 is 0 Å². The number of thiazole rings is 1. The zero-order valence-corrected chi connectivity index (χ0v) is 25.6. The van der Waals surface area contributed by atoms with Crippen molar-refractivity contribution in [2.45, 2.75) is 49.8 Å². The van der Waals surface area contributed by atoms with Crippen LogP contribution in [0.1, 0.15) is 49.3 Å². The van der Waals surface area contributed by atoms with E-state index in [9.17, 15) is 13.2 Å². The molecule has 0 bridgehead atoms. The van der Waals surface area contributed by atoms with Gasteiger partial charge < -0.3 is 10.2 Å². The molecule has 1 N–H and O–H groups in total. The van der Waals surface area contributed by atoms with Crippen LogP contribution in [0, 0.1) is 12.8 Å². The molecular weight excluding hydrogens is 569 g/mol. The van der Waals surface area contributed by atoms with Crippen LogP contribution in [0.25, 0.3) is 21.6 Å². The average Bonchev–Trinajstić information content (AvgIpc) is 3.65. The van der Waals surface area contributed by atoms with Crippen LogP contribution in [0.4, 0.5) is 5.13 Å². The van der Waals surface area contributed by atoms with Crippen LogP contribution in [0.3, 0.4) is 0 Å². The lowest BCUT2D eigenvalue weighted by Gasteiger charge is -2.31. The third kappa shape index (κ3) is 6.24. The highest BCUT2D eigenvalue weighted by atomic mass is 32.2. The van der Waals surface area contributed by atoms with E-state index in [2.05, 4.69) is 20.2 Å². The van der Waals surface area contributed by atoms with E-state index in [-0.39, 0.29) is 10.8 Å². The summed E-state index contributed by atoms with van der Waals surface area (Å²) in [5, 5.41) is 3.57. The fourth-order valence-corrected chi connectivity index (χ4v) is 8.22. The Balaban J connectivity index is 1.22. The molecule has 1 aliphatic carbocycles.